The molecule has 2 aromatic rings. The Morgan fingerprint density at radius 2 is 2.21 bits per heavy atom. The van der Waals surface area contributed by atoms with E-state index >= 15 is 0 Å². The molecule has 0 saturated carbocycles. The molecule has 1 heterocycles. The molecule has 0 unspecified atom stereocenters. The number of aromatic nitrogens is 1. The zero-order valence-electron chi connectivity index (χ0n) is 8.11. The largest absolute Gasteiger partial charge is 0.344 e. The van der Waals surface area contributed by atoms with E-state index in [1.54, 1.807) is 0 Å². The Morgan fingerprint density at radius 1 is 1.36 bits per heavy atom. The second kappa shape index (κ2) is 3.68. The molecule has 0 spiro atoms. The summed E-state index contributed by atoms with van der Waals surface area (Å²) in [5, 5.41) is 1.25. The van der Waals surface area contributed by atoms with Crippen molar-refractivity contribution in [2.24, 2.45) is 5.73 Å². The van der Waals surface area contributed by atoms with E-state index < -0.39 is 0 Å². The van der Waals surface area contributed by atoms with Crippen molar-refractivity contribution in [1.29, 1.82) is 0 Å². The van der Waals surface area contributed by atoms with Crippen LogP contribution < -0.4 is 5.73 Å². The van der Waals surface area contributed by atoms with Crippen LogP contribution in [0.5, 0.6) is 0 Å². The first-order valence-corrected chi connectivity index (χ1v) is 4.74. The molecule has 2 rings (SSSR count). The fraction of sp³-hybridized carbons (Fsp3) is 0.167. The van der Waals surface area contributed by atoms with Gasteiger partial charge in [0, 0.05) is 30.2 Å². The number of allylic oxidation sites excluding steroid dienone is 1. The second-order valence-corrected chi connectivity index (χ2v) is 3.31. The Bertz CT molecular complexity index is 454. The average Bonchev–Trinajstić information content (AvgIpc) is 2.62. The molecule has 2 N–H and O–H groups in total. The van der Waals surface area contributed by atoms with Crippen molar-refractivity contribution in [3.63, 3.8) is 0 Å². The van der Waals surface area contributed by atoms with Crippen molar-refractivity contribution < 1.29 is 0 Å². The summed E-state index contributed by atoms with van der Waals surface area (Å²) >= 11 is 0. The van der Waals surface area contributed by atoms with Gasteiger partial charge in [-0.05, 0) is 17.7 Å². The lowest BCUT2D eigenvalue weighted by molar-refractivity contribution is 0.865. The summed E-state index contributed by atoms with van der Waals surface area (Å²) in [6.45, 7) is 5.18. The highest BCUT2D eigenvalue weighted by atomic mass is 14.9. The fourth-order valence-corrected chi connectivity index (χ4v) is 1.76. The highest BCUT2D eigenvalue weighted by Gasteiger charge is 2.02. The zero-order chi connectivity index (χ0) is 9.97. The normalized spacial score (nSPS) is 10.6. The number of rotatable bonds is 3. The van der Waals surface area contributed by atoms with E-state index in [-0.39, 0.29) is 0 Å². The Balaban J connectivity index is 2.63. The van der Waals surface area contributed by atoms with Crippen molar-refractivity contribution in [3.8, 4) is 0 Å². The summed E-state index contributed by atoms with van der Waals surface area (Å²) in [7, 11) is 0. The molecule has 2 nitrogen and oxygen atoms in total. The SMILES string of the molecule is C=CCn1ccc2c(CN)cccc21. The highest BCUT2D eigenvalue weighted by molar-refractivity contribution is 5.83. The number of nitrogens with zero attached hydrogens (tertiary/aromatic N) is 1. The third-order valence-electron chi connectivity index (χ3n) is 2.45. The van der Waals surface area contributed by atoms with Gasteiger partial charge in [-0.2, -0.15) is 0 Å². The maximum Gasteiger partial charge on any atom is 0.0486 e. The van der Waals surface area contributed by atoms with Gasteiger partial charge in [0.15, 0.2) is 0 Å². The molecule has 0 atom stereocenters. The Hall–Kier alpha value is -1.54. The third kappa shape index (κ3) is 1.34. The van der Waals surface area contributed by atoms with Crippen LogP contribution >= 0.6 is 0 Å². The van der Waals surface area contributed by atoms with E-state index in [2.05, 4.69) is 35.5 Å². The molecular weight excluding hydrogens is 172 g/mol. The van der Waals surface area contributed by atoms with Crippen LogP contribution in [0.15, 0.2) is 43.1 Å². The maximum atomic E-state index is 5.67. The molecule has 72 valence electrons. The fourth-order valence-electron chi connectivity index (χ4n) is 1.76. The Kier molecular flexibility index (Phi) is 2.37. The number of hydrogen-bond acceptors (Lipinski definition) is 1. The topological polar surface area (TPSA) is 30.9 Å². The van der Waals surface area contributed by atoms with Crippen LogP contribution in [0.2, 0.25) is 0 Å². The van der Waals surface area contributed by atoms with Crippen LogP contribution in [0.4, 0.5) is 0 Å². The molecule has 1 aromatic carbocycles. The number of fused-ring (bicyclic) bond motifs is 1. The molecular formula is C12H14N2. The van der Waals surface area contributed by atoms with Crippen LogP contribution in [-0.2, 0) is 13.1 Å². The molecule has 0 radical (unpaired) electrons. The van der Waals surface area contributed by atoms with E-state index in [9.17, 15) is 0 Å². The van der Waals surface area contributed by atoms with Gasteiger partial charge in [0.1, 0.15) is 0 Å². The van der Waals surface area contributed by atoms with Crippen molar-refractivity contribution >= 4 is 10.9 Å². The van der Waals surface area contributed by atoms with Crippen molar-refractivity contribution in [2.75, 3.05) is 0 Å². The molecule has 0 amide bonds. The number of hydrogen-bond donors (Lipinski definition) is 1. The van der Waals surface area contributed by atoms with Crippen LogP contribution in [0.25, 0.3) is 10.9 Å². The van der Waals surface area contributed by atoms with Crippen LogP contribution in [0.1, 0.15) is 5.56 Å². The molecule has 0 fully saturated rings. The van der Waals surface area contributed by atoms with E-state index in [1.165, 1.54) is 16.5 Å². The van der Waals surface area contributed by atoms with Gasteiger partial charge in [-0.25, -0.2) is 0 Å². The molecule has 14 heavy (non-hydrogen) atoms. The predicted molar refractivity (Wildman–Crippen MR) is 60.0 cm³/mol. The summed E-state index contributed by atoms with van der Waals surface area (Å²) in [6.07, 6.45) is 3.97. The summed E-state index contributed by atoms with van der Waals surface area (Å²) in [4.78, 5) is 0. The Labute approximate surface area is 83.6 Å². The molecule has 0 aliphatic carbocycles. The summed E-state index contributed by atoms with van der Waals surface area (Å²) in [5.74, 6) is 0. The minimum absolute atomic E-state index is 0.593. The molecule has 2 heteroatoms. The lowest BCUT2D eigenvalue weighted by Crippen LogP contribution is -1.97. The number of nitrogens with two attached hydrogens (primary N) is 1. The lowest BCUT2D eigenvalue weighted by atomic mass is 10.1. The molecule has 0 bridgehead atoms. The lowest BCUT2D eigenvalue weighted by Gasteiger charge is -2.03. The molecule has 0 saturated heterocycles. The first-order valence-electron chi connectivity index (χ1n) is 4.74. The van der Waals surface area contributed by atoms with Gasteiger partial charge in [-0.1, -0.05) is 18.2 Å². The average molecular weight is 186 g/mol. The predicted octanol–water partition coefficient (Wildman–Crippen LogP) is 2.29. The molecule has 0 aliphatic heterocycles. The van der Waals surface area contributed by atoms with Gasteiger partial charge < -0.3 is 10.3 Å². The zero-order valence-corrected chi connectivity index (χ0v) is 8.11. The van der Waals surface area contributed by atoms with E-state index in [4.69, 9.17) is 5.73 Å². The van der Waals surface area contributed by atoms with Gasteiger partial charge in [0.2, 0.25) is 0 Å². The summed E-state index contributed by atoms with van der Waals surface area (Å²) in [5.41, 5.74) is 8.10. The van der Waals surface area contributed by atoms with E-state index in [0.717, 1.165) is 6.54 Å². The summed E-state index contributed by atoms with van der Waals surface area (Å²) < 4.78 is 2.17. The quantitative estimate of drug-likeness (QED) is 0.732. The van der Waals surface area contributed by atoms with E-state index in [0.29, 0.717) is 6.54 Å². The van der Waals surface area contributed by atoms with Crippen LogP contribution in [0.3, 0.4) is 0 Å². The van der Waals surface area contributed by atoms with Gasteiger partial charge in [-0.3, -0.25) is 0 Å². The van der Waals surface area contributed by atoms with Crippen molar-refractivity contribution in [2.45, 2.75) is 13.1 Å². The van der Waals surface area contributed by atoms with Crippen LogP contribution in [-0.4, -0.2) is 4.57 Å². The van der Waals surface area contributed by atoms with Gasteiger partial charge in [0.05, 0.1) is 0 Å². The first kappa shape index (κ1) is 9.03. The highest BCUT2D eigenvalue weighted by Crippen LogP contribution is 2.19. The van der Waals surface area contributed by atoms with Crippen molar-refractivity contribution in [1.82, 2.24) is 4.57 Å². The first-order chi connectivity index (χ1) is 6.86. The van der Waals surface area contributed by atoms with Crippen molar-refractivity contribution in [3.05, 3.63) is 48.7 Å². The smallest absolute Gasteiger partial charge is 0.0486 e. The van der Waals surface area contributed by atoms with E-state index in [1.807, 2.05) is 12.1 Å². The van der Waals surface area contributed by atoms with Crippen LogP contribution in [0, 0.1) is 0 Å². The minimum Gasteiger partial charge on any atom is -0.344 e. The number of benzene rings is 1. The second-order valence-electron chi connectivity index (χ2n) is 3.31. The van der Waals surface area contributed by atoms with Gasteiger partial charge in [-0.15, -0.1) is 6.58 Å². The maximum absolute atomic E-state index is 5.67. The molecule has 0 aliphatic rings. The van der Waals surface area contributed by atoms with Gasteiger partial charge in [0.25, 0.3) is 0 Å². The molecule has 1 aromatic heterocycles. The monoisotopic (exact) mass is 186 g/mol. The minimum atomic E-state index is 0.593. The third-order valence-corrected chi connectivity index (χ3v) is 2.45. The standard InChI is InChI=1S/C12H14N2/c1-2-7-14-8-6-11-10(9-13)4-3-5-12(11)14/h2-6,8H,1,7,9,13H2. The Morgan fingerprint density at radius 3 is 2.93 bits per heavy atom. The van der Waals surface area contributed by atoms with Gasteiger partial charge >= 0.3 is 0 Å². The summed E-state index contributed by atoms with van der Waals surface area (Å²) in [6, 6.07) is 8.34.